The van der Waals surface area contributed by atoms with Gasteiger partial charge in [-0.15, -0.1) is 0 Å². The number of carbonyl (C=O) groups is 3. The standard InChI is InChI=1S/C27H15Cl3O3/c28-25(31)19-7-1-16(2-8-19)22-13-23(17-3-9-20(10-4-17)26(29)32)15-24(14-22)18-5-11-21(12-6-18)27(30)33/h1-15H. The van der Waals surface area contributed by atoms with Crippen molar-refractivity contribution in [2.45, 2.75) is 0 Å². The predicted octanol–water partition coefficient (Wildman–Crippen LogP) is 7.82. The Labute approximate surface area is 205 Å². The molecule has 4 aromatic rings. The first-order valence-electron chi connectivity index (χ1n) is 9.88. The summed E-state index contributed by atoms with van der Waals surface area (Å²) in [6, 6.07) is 27.2. The summed E-state index contributed by atoms with van der Waals surface area (Å²) >= 11 is 16.7. The Morgan fingerprint density at radius 2 is 0.576 bits per heavy atom. The average Bonchev–Trinajstić information content (AvgIpc) is 2.84. The molecule has 3 nitrogen and oxygen atoms in total. The zero-order valence-electron chi connectivity index (χ0n) is 17.0. The minimum absolute atomic E-state index is 0.416. The minimum Gasteiger partial charge on any atom is -0.276 e. The molecule has 0 bridgehead atoms. The molecule has 0 N–H and O–H groups in total. The van der Waals surface area contributed by atoms with E-state index in [0.717, 1.165) is 33.4 Å². The second kappa shape index (κ2) is 9.72. The topological polar surface area (TPSA) is 51.2 Å². The number of carbonyl (C=O) groups excluding carboxylic acids is 3. The normalized spacial score (nSPS) is 10.6. The summed E-state index contributed by atoms with van der Waals surface area (Å²) in [5.74, 6) is 0. The maximum atomic E-state index is 11.4. The highest BCUT2D eigenvalue weighted by atomic mass is 35.5. The molecule has 0 heterocycles. The lowest BCUT2D eigenvalue weighted by Gasteiger charge is -2.12. The first-order valence-corrected chi connectivity index (χ1v) is 11.0. The van der Waals surface area contributed by atoms with Crippen molar-refractivity contribution in [3.8, 4) is 33.4 Å². The monoisotopic (exact) mass is 492 g/mol. The van der Waals surface area contributed by atoms with E-state index in [0.29, 0.717) is 16.7 Å². The molecule has 0 aromatic heterocycles. The van der Waals surface area contributed by atoms with Crippen LogP contribution in [0.15, 0.2) is 91.0 Å². The molecule has 4 rings (SSSR count). The second-order valence-corrected chi connectivity index (χ2v) is 8.38. The Morgan fingerprint density at radius 3 is 0.758 bits per heavy atom. The Hall–Kier alpha value is -3.24. The summed E-state index contributed by atoms with van der Waals surface area (Å²) in [4.78, 5) is 34.3. The van der Waals surface area contributed by atoms with Crippen LogP contribution in [0.4, 0.5) is 0 Å². The predicted molar refractivity (Wildman–Crippen MR) is 133 cm³/mol. The van der Waals surface area contributed by atoms with Crippen molar-refractivity contribution in [3.63, 3.8) is 0 Å². The van der Waals surface area contributed by atoms with E-state index in [-0.39, 0.29) is 0 Å². The minimum atomic E-state index is -0.515. The summed E-state index contributed by atoms with van der Waals surface area (Å²) in [7, 11) is 0. The van der Waals surface area contributed by atoms with Crippen molar-refractivity contribution >= 4 is 50.5 Å². The third kappa shape index (κ3) is 5.23. The molecule has 0 saturated carbocycles. The Balaban J connectivity index is 1.84. The third-order valence-corrected chi connectivity index (χ3v) is 5.92. The molecule has 0 radical (unpaired) electrons. The fourth-order valence-electron chi connectivity index (χ4n) is 3.51. The molecule has 0 amide bonds. The van der Waals surface area contributed by atoms with Gasteiger partial charge in [-0.3, -0.25) is 14.4 Å². The fraction of sp³-hybridized carbons (Fsp3) is 0. The number of rotatable bonds is 6. The van der Waals surface area contributed by atoms with Crippen molar-refractivity contribution in [2.75, 3.05) is 0 Å². The molecular formula is C27H15Cl3O3. The van der Waals surface area contributed by atoms with Crippen molar-refractivity contribution in [3.05, 3.63) is 108 Å². The van der Waals surface area contributed by atoms with Crippen LogP contribution < -0.4 is 0 Å². The van der Waals surface area contributed by atoms with E-state index in [9.17, 15) is 14.4 Å². The number of halogens is 3. The van der Waals surface area contributed by atoms with Crippen molar-refractivity contribution in [2.24, 2.45) is 0 Å². The first-order chi connectivity index (χ1) is 15.8. The van der Waals surface area contributed by atoms with Crippen molar-refractivity contribution < 1.29 is 14.4 Å². The molecule has 0 spiro atoms. The highest BCUT2D eigenvalue weighted by molar-refractivity contribution is 6.68. The third-order valence-electron chi connectivity index (χ3n) is 5.27. The molecular weight excluding hydrogens is 479 g/mol. The zero-order valence-corrected chi connectivity index (χ0v) is 19.3. The Bertz CT molecular complexity index is 1180. The lowest BCUT2D eigenvalue weighted by atomic mass is 9.92. The maximum Gasteiger partial charge on any atom is 0.252 e. The van der Waals surface area contributed by atoms with Crippen LogP contribution in [0.25, 0.3) is 33.4 Å². The van der Waals surface area contributed by atoms with E-state index < -0.39 is 15.7 Å². The summed E-state index contributed by atoms with van der Waals surface area (Å²) in [5.41, 5.74) is 6.72. The maximum absolute atomic E-state index is 11.4. The quantitative estimate of drug-likeness (QED) is 0.257. The van der Waals surface area contributed by atoms with Gasteiger partial charge in [0.15, 0.2) is 0 Å². The Kier molecular flexibility index (Phi) is 6.75. The van der Waals surface area contributed by atoms with Crippen LogP contribution in [0.5, 0.6) is 0 Å². The zero-order chi connectivity index (χ0) is 23.5. The molecule has 0 atom stereocenters. The van der Waals surface area contributed by atoms with E-state index >= 15 is 0 Å². The summed E-state index contributed by atoms with van der Waals surface area (Å²) in [6.07, 6.45) is 0. The largest absolute Gasteiger partial charge is 0.276 e. The lowest BCUT2D eigenvalue weighted by Crippen LogP contribution is -1.91. The van der Waals surface area contributed by atoms with Gasteiger partial charge in [-0.1, -0.05) is 36.4 Å². The van der Waals surface area contributed by atoms with Gasteiger partial charge in [0, 0.05) is 16.7 Å². The second-order valence-electron chi connectivity index (χ2n) is 7.35. The van der Waals surface area contributed by atoms with Gasteiger partial charge in [0.2, 0.25) is 0 Å². The smallest absolute Gasteiger partial charge is 0.252 e. The highest BCUT2D eigenvalue weighted by Crippen LogP contribution is 2.33. The van der Waals surface area contributed by atoms with Crippen LogP contribution in [-0.4, -0.2) is 15.7 Å². The molecule has 0 aliphatic rings. The fourth-order valence-corrected chi connectivity index (χ4v) is 3.89. The Morgan fingerprint density at radius 1 is 0.364 bits per heavy atom. The van der Waals surface area contributed by atoms with E-state index in [4.69, 9.17) is 34.8 Å². The van der Waals surface area contributed by atoms with Crippen LogP contribution in [0.1, 0.15) is 31.1 Å². The van der Waals surface area contributed by atoms with Crippen LogP contribution >= 0.6 is 34.8 Å². The number of hydrogen-bond donors (Lipinski definition) is 0. The van der Waals surface area contributed by atoms with Gasteiger partial charge in [0.25, 0.3) is 15.7 Å². The summed E-state index contributed by atoms with van der Waals surface area (Å²) in [5, 5.41) is -1.54. The molecule has 6 heteroatoms. The van der Waals surface area contributed by atoms with Gasteiger partial charge in [-0.05, 0) is 123 Å². The van der Waals surface area contributed by atoms with Crippen LogP contribution in [-0.2, 0) is 0 Å². The SMILES string of the molecule is O=C(Cl)c1ccc(-c2cc(-c3ccc(C(=O)Cl)cc3)cc(-c3ccc(C(=O)Cl)cc3)c2)cc1. The number of benzene rings is 4. The van der Waals surface area contributed by atoms with E-state index in [2.05, 4.69) is 0 Å². The molecule has 33 heavy (non-hydrogen) atoms. The molecule has 4 aromatic carbocycles. The van der Waals surface area contributed by atoms with Crippen LogP contribution in [0.3, 0.4) is 0 Å². The molecule has 0 fully saturated rings. The van der Waals surface area contributed by atoms with E-state index in [1.54, 1.807) is 36.4 Å². The summed E-state index contributed by atoms with van der Waals surface area (Å²) in [6.45, 7) is 0. The van der Waals surface area contributed by atoms with Crippen molar-refractivity contribution in [1.82, 2.24) is 0 Å². The first kappa shape index (κ1) is 22.9. The highest BCUT2D eigenvalue weighted by Gasteiger charge is 2.10. The van der Waals surface area contributed by atoms with Gasteiger partial charge >= 0.3 is 0 Å². The van der Waals surface area contributed by atoms with Crippen LogP contribution in [0.2, 0.25) is 0 Å². The van der Waals surface area contributed by atoms with Gasteiger partial charge in [-0.25, -0.2) is 0 Å². The number of hydrogen-bond acceptors (Lipinski definition) is 3. The van der Waals surface area contributed by atoms with Gasteiger partial charge < -0.3 is 0 Å². The van der Waals surface area contributed by atoms with Crippen LogP contribution in [0, 0.1) is 0 Å². The lowest BCUT2D eigenvalue weighted by molar-refractivity contribution is 0.107. The molecule has 0 saturated heterocycles. The van der Waals surface area contributed by atoms with E-state index in [1.807, 2.05) is 54.6 Å². The average molecular weight is 494 g/mol. The molecule has 0 aliphatic carbocycles. The van der Waals surface area contributed by atoms with E-state index in [1.165, 1.54) is 0 Å². The van der Waals surface area contributed by atoms with Gasteiger partial charge in [0.05, 0.1) is 0 Å². The molecule has 0 aliphatic heterocycles. The summed E-state index contributed by atoms with van der Waals surface area (Å²) < 4.78 is 0. The molecule has 0 unspecified atom stereocenters. The van der Waals surface area contributed by atoms with Gasteiger partial charge in [-0.2, -0.15) is 0 Å². The molecule has 162 valence electrons. The van der Waals surface area contributed by atoms with Gasteiger partial charge in [0.1, 0.15) is 0 Å². The van der Waals surface area contributed by atoms with Crippen molar-refractivity contribution in [1.29, 1.82) is 0 Å².